The third kappa shape index (κ3) is 2.60. The Morgan fingerprint density at radius 3 is 2.36 bits per heavy atom. The van der Waals surface area contributed by atoms with Crippen LogP contribution in [0.25, 0.3) is 36.4 Å². The number of aromatic nitrogens is 2. The van der Waals surface area contributed by atoms with Gasteiger partial charge in [-0.1, -0.05) is 30.3 Å². The van der Waals surface area contributed by atoms with Gasteiger partial charge in [0.2, 0.25) is 0 Å². The molecule has 3 aromatic heterocycles. The summed E-state index contributed by atoms with van der Waals surface area (Å²) < 4.78 is 3.47. The van der Waals surface area contributed by atoms with Gasteiger partial charge in [0.1, 0.15) is 5.01 Å². The molecule has 0 amide bonds. The second-order valence-electron chi connectivity index (χ2n) is 5.75. The van der Waals surface area contributed by atoms with Crippen molar-refractivity contribution in [1.29, 1.82) is 0 Å². The largest absolute Gasteiger partial charge is 0.316 e. The molecule has 5 aromatic rings. The van der Waals surface area contributed by atoms with Gasteiger partial charge in [0, 0.05) is 11.9 Å². The second-order valence-corrected chi connectivity index (χ2v) is 7.86. The summed E-state index contributed by atoms with van der Waals surface area (Å²) in [5, 5.41) is 1.09. The molecule has 0 radical (unpaired) electrons. The number of hydrogen-bond acceptors (Lipinski definition) is 3. The van der Waals surface area contributed by atoms with E-state index in [1.54, 1.807) is 22.7 Å². The van der Waals surface area contributed by atoms with Gasteiger partial charge >= 0.3 is 0 Å². The third-order valence-corrected chi connectivity index (χ3v) is 6.46. The van der Waals surface area contributed by atoms with E-state index < -0.39 is 0 Å². The molecular weight excluding hydrogens is 344 g/mol. The van der Waals surface area contributed by atoms with Crippen LogP contribution in [-0.2, 0) is 0 Å². The molecular formula is C21H14N2S2. The predicted octanol–water partition coefficient (Wildman–Crippen LogP) is 6.48. The third-order valence-electron chi connectivity index (χ3n) is 4.15. The van der Waals surface area contributed by atoms with Gasteiger partial charge in [-0.3, -0.25) is 0 Å². The van der Waals surface area contributed by atoms with Crippen LogP contribution in [0.4, 0.5) is 0 Å². The first-order valence-electron chi connectivity index (χ1n) is 8.07. The molecule has 0 aliphatic heterocycles. The Morgan fingerprint density at radius 2 is 1.48 bits per heavy atom. The summed E-state index contributed by atoms with van der Waals surface area (Å²) in [6.45, 7) is 0. The zero-order valence-electron chi connectivity index (χ0n) is 13.3. The molecule has 0 N–H and O–H groups in total. The van der Waals surface area contributed by atoms with E-state index in [9.17, 15) is 0 Å². The molecule has 120 valence electrons. The topological polar surface area (TPSA) is 17.8 Å². The molecule has 0 saturated heterocycles. The van der Waals surface area contributed by atoms with Crippen LogP contribution in [0.5, 0.6) is 0 Å². The molecule has 0 aliphatic rings. The van der Waals surface area contributed by atoms with Crippen LogP contribution in [-0.4, -0.2) is 9.55 Å². The van der Waals surface area contributed by atoms with Crippen molar-refractivity contribution in [3.63, 3.8) is 0 Å². The van der Waals surface area contributed by atoms with E-state index in [2.05, 4.69) is 77.5 Å². The lowest BCUT2D eigenvalue weighted by Gasteiger charge is -2.07. The van der Waals surface area contributed by atoms with Crippen molar-refractivity contribution in [3.05, 3.63) is 85.1 Å². The Hall–Kier alpha value is -2.69. The van der Waals surface area contributed by atoms with Gasteiger partial charge < -0.3 is 4.57 Å². The fraction of sp³-hybridized carbons (Fsp3) is 0. The number of para-hydroxylation sites is 2. The van der Waals surface area contributed by atoms with Crippen LogP contribution in [0.1, 0.15) is 0 Å². The SMILES string of the molecule is c1ccc(-n2cccc2-c2ccc(-c3nc4ccccc4s3)s2)cc1. The first-order valence-corrected chi connectivity index (χ1v) is 9.71. The molecule has 0 unspecified atom stereocenters. The Morgan fingerprint density at radius 1 is 0.680 bits per heavy atom. The van der Waals surface area contributed by atoms with Crippen molar-refractivity contribution in [2.24, 2.45) is 0 Å². The zero-order chi connectivity index (χ0) is 16.6. The van der Waals surface area contributed by atoms with E-state index in [0.717, 1.165) is 10.5 Å². The van der Waals surface area contributed by atoms with E-state index >= 15 is 0 Å². The maximum absolute atomic E-state index is 4.78. The molecule has 0 saturated carbocycles. The fourth-order valence-corrected chi connectivity index (χ4v) is 5.01. The molecule has 0 spiro atoms. The number of thiophene rings is 1. The highest BCUT2D eigenvalue weighted by Crippen LogP contribution is 2.38. The van der Waals surface area contributed by atoms with E-state index in [1.165, 1.54) is 25.8 Å². The fourth-order valence-electron chi connectivity index (χ4n) is 2.96. The van der Waals surface area contributed by atoms with Crippen molar-refractivity contribution in [3.8, 4) is 26.1 Å². The average molecular weight is 358 g/mol. The van der Waals surface area contributed by atoms with Crippen molar-refractivity contribution in [1.82, 2.24) is 9.55 Å². The van der Waals surface area contributed by atoms with E-state index in [-0.39, 0.29) is 0 Å². The van der Waals surface area contributed by atoms with Crippen LogP contribution in [0, 0.1) is 0 Å². The summed E-state index contributed by atoms with van der Waals surface area (Å²) in [6, 6.07) is 27.4. The lowest BCUT2D eigenvalue weighted by Crippen LogP contribution is -1.92. The standard InChI is InChI=1S/C21H14N2S2/c1-2-7-15(8-3-1)23-14-6-10-17(23)19-12-13-20(24-19)21-22-16-9-4-5-11-18(16)25-21/h1-14H. The average Bonchev–Trinajstić information content (AvgIpc) is 3.39. The molecule has 0 fully saturated rings. The number of thiazole rings is 1. The lowest BCUT2D eigenvalue weighted by atomic mass is 10.3. The lowest BCUT2D eigenvalue weighted by molar-refractivity contribution is 1.09. The van der Waals surface area contributed by atoms with Crippen LogP contribution in [0.2, 0.25) is 0 Å². The summed E-state index contributed by atoms with van der Waals surface area (Å²) in [7, 11) is 0. The quantitative estimate of drug-likeness (QED) is 0.361. The van der Waals surface area contributed by atoms with Crippen molar-refractivity contribution >= 4 is 32.9 Å². The first-order chi connectivity index (χ1) is 12.4. The maximum Gasteiger partial charge on any atom is 0.134 e. The summed E-state index contributed by atoms with van der Waals surface area (Å²) in [4.78, 5) is 7.25. The van der Waals surface area contributed by atoms with Crippen molar-refractivity contribution in [2.75, 3.05) is 0 Å². The van der Waals surface area contributed by atoms with Gasteiger partial charge in [0.25, 0.3) is 0 Å². The minimum absolute atomic E-state index is 1.07. The van der Waals surface area contributed by atoms with Crippen LogP contribution in [0.3, 0.4) is 0 Å². The highest BCUT2D eigenvalue weighted by Gasteiger charge is 2.12. The Bertz CT molecular complexity index is 1120. The van der Waals surface area contributed by atoms with Gasteiger partial charge in [-0.05, 0) is 48.5 Å². The van der Waals surface area contributed by atoms with Gasteiger partial charge in [0.15, 0.2) is 0 Å². The summed E-state index contributed by atoms with van der Waals surface area (Å²) >= 11 is 3.55. The number of benzene rings is 2. The first kappa shape index (κ1) is 14.6. The van der Waals surface area contributed by atoms with E-state index in [4.69, 9.17) is 4.98 Å². The number of rotatable bonds is 3. The van der Waals surface area contributed by atoms with Crippen molar-refractivity contribution < 1.29 is 0 Å². The molecule has 4 heteroatoms. The monoisotopic (exact) mass is 358 g/mol. The Balaban J connectivity index is 1.56. The summed E-state index contributed by atoms with van der Waals surface area (Å²) in [6.07, 6.45) is 2.11. The predicted molar refractivity (Wildman–Crippen MR) is 108 cm³/mol. The maximum atomic E-state index is 4.78. The molecule has 2 aromatic carbocycles. The molecule has 3 heterocycles. The molecule has 0 aliphatic carbocycles. The highest BCUT2D eigenvalue weighted by molar-refractivity contribution is 7.26. The smallest absolute Gasteiger partial charge is 0.134 e. The van der Waals surface area contributed by atoms with Crippen LogP contribution < -0.4 is 0 Å². The summed E-state index contributed by atoms with van der Waals surface area (Å²) in [5.41, 5.74) is 3.46. The molecule has 25 heavy (non-hydrogen) atoms. The minimum Gasteiger partial charge on any atom is -0.316 e. The summed E-state index contributed by atoms with van der Waals surface area (Å²) in [5.74, 6) is 0. The van der Waals surface area contributed by atoms with E-state index in [0.29, 0.717) is 0 Å². The molecule has 2 nitrogen and oxygen atoms in total. The van der Waals surface area contributed by atoms with Crippen LogP contribution >= 0.6 is 22.7 Å². The number of hydrogen-bond donors (Lipinski definition) is 0. The Labute approximate surface area is 153 Å². The molecule has 0 atom stereocenters. The van der Waals surface area contributed by atoms with Gasteiger partial charge in [0.05, 0.1) is 25.7 Å². The van der Waals surface area contributed by atoms with Crippen molar-refractivity contribution in [2.45, 2.75) is 0 Å². The molecule has 5 rings (SSSR count). The second kappa shape index (κ2) is 5.99. The molecule has 0 bridgehead atoms. The van der Waals surface area contributed by atoms with Gasteiger partial charge in [-0.15, -0.1) is 22.7 Å². The van der Waals surface area contributed by atoms with Crippen LogP contribution in [0.15, 0.2) is 85.1 Å². The number of fused-ring (bicyclic) bond motifs is 1. The normalized spacial score (nSPS) is 11.2. The minimum atomic E-state index is 1.07. The highest BCUT2D eigenvalue weighted by atomic mass is 32.1. The van der Waals surface area contributed by atoms with E-state index in [1.807, 2.05) is 12.1 Å². The Kier molecular flexibility index (Phi) is 3.51. The zero-order valence-corrected chi connectivity index (χ0v) is 14.9. The van der Waals surface area contributed by atoms with Gasteiger partial charge in [-0.25, -0.2) is 4.98 Å². The number of nitrogens with zero attached hydrogens (tertiary/aromatic N) is 2. The van der Waals surface area contributed by atoms with Gasteiger partial charge in [-0.2, -0.15) is 0 Å².